The second-order valence-electron chi connectivity index (χ2n) is 5.48. The lowest BCUT2D eigenvalue weighted by Crippen LogP contribution is -2.28. The first-order chi connectivity index (χ1) is 10.0. The SMILES string of the molecule is CCc1cc2c(NCCCN(C)C(C)C)nc(Cl)nc2s1. The summed E-state index contributed by atoms with van der Waals surface area (Å²) in [5.74, 6) is 0.855. The molecule has 2 aromatic rings. The van der Waals surface area contributed by atoms with Gasteiger partial charge in [-0.1, -0.05) is 6.92 Å². The fourth-order valence-electron chi connectivity index (χ4n) is 2.05. The first-order valence-electron chi connectivity index (χ1n) is 7.41. The fraction of sp³-hybridized carbons (Fsp3) is 0.600. The third-order valence-electron chi connectivity index (χ3n) is 3.63. The highest BCUT2D eigenvalue weighted by molar-refractivity contribution is 7.18. The molecule has 2 heterocycles. The molecule has 0 radical (unpaired) electrons. The van der Waals surface area contributed by atoms with Gasteiger partial charge in [0.25, 0.3) is 0 Å². The summed E-state index contributed by atoms with van der Waals surface area (Å²) in [6.45, 7) is 8.51. The Morgan fingerprint density at radius 3 is 2.81 bits per heavy atom. The van der Waals surface area contributed by atoms with Crippen LogP contribution in [0.25, 0.3) is 10.2 Å². The smallest absolute Gasteiger partial charge is 0.225 e. The molecule has 1 N–H and O–H groups in total. The standard InChI is InChI=1S/C15H23ClN4S/c1-5-11-9-12-13(18-15(16)19-14(12)21-11)17-7-6-8-20(4)10(2)3/h9-10H,5-8H2,1-4H3,(H,17,18,19). The number of aromatic nitrogens is 2. The number of fused-ring (bicyclic) bond motifs is 1. The van der Waals surface area contributed by atoms with E-state index in [4.69, 9.17) is 11.6 Å². The molecule has 0 aliphatic heterocycles. The van der Waals surface area contributed by atoms with E-state index >= 15 is 0 Å². The average molecular weight is 327 g/mol. The van der Waals surface area contributed by atoms with E-state index in [1.165, 1.54) is 4.88 Å². The maximum atomic E-state index is 6.02. The molecule has 0 saturated carbocycles. The summed E-state index contributed by atoms with van der Waals surface area (Å²) < 4.78 is 0. The van der Waals surface area contributed by atoms with E-state index in [-0.39, 0.29) is 0 Å². The maximum Gasteiger partial charge on any atom is 0.225 e. The van der Waals surface area contributed by atoms with Crippen LogP contribution in [-0.2, 0) is 6.42 Å². The van der Waals surface area contributed by atoms with Gasteiger partial charge in [-0.3, -0.25) is 0 Å². The summed E-state index contributed by atoms with van der Waals surface area (Å²) in [4.78, 5) is 13.3. The third kappa shape index (κ3) is 4.28. The van der Waals surface area contributed by atoms with Gasteiger partial charge in [0.2, 0.25) is 5.28 Å². The molecule has 0 spiro atoms. The van der Waals surface area contributed by atoms with Crippen molar-refractivity contribution in [2.45, 2.75) is 39.7 Å². The minimum Gasteiger partial charge on any atom is -0.369 e. The van der Waals surface area contributed by atoms with Gasteiger partial charge < -0.3 is 10.2 Å². The van der Waals surface area contributed by atoms with Gasteiger partial charge in [-0.05, 0) is 57.9 Å². The zero-order chi connectivity index (χ0) is 15.4. The lowest BCUT2D eigenvalue weighted by Gasteiger charge is -2.20. The van der Waals surface area contributed by atoms with Crippen molar-refractivity contribution in [1.82, 2.24) is 14.9 Å². The number of aryl methyl sites for hydroxylation is 1. The molecule has 0 unspecified atom stereocenters. The highest BCUT2D eigenvalue weighted by Gasteiger charge is 2.10. The predicted octanol–water partition coefficient (Wildman–Crippen LogP) is 4.05. The minimum absolute atomic E-state index is 0.314. The average Bonchev–Trinajstić information content (AvgIpc) is 2.85. The summed E-state index contributed by atoms with van der Waals surface area (Å²) in [5.41, 5.74) is 0. The van der Waals surface area contributed by atoms with Crippen LogP contribution in [0.3, 0.4) is 0 Å². The van der Waals surface area contributed by atoms with Crippen molar-refractivity contribution in [3.8, 4) is 0 Å². The van der Waals surface area contributed by atoms with Crippen LogP contribution in [0.1, 0.15) is 32.1 Å². The number of hydrogen-bond donors (Lipinski definition) is 1. The Labute approximate surface area is 135 Å². The van der Waals surface area contributed by atoms with Crippen molar-refractivity contribution in [2.75, 3.05) is 25.5 Å². The number of thiophene rings is 1. The second-order valence-corrected chi connectivity index (χ2v) is 6.93. The van der Waals surface area contributed by atoms with Gasteiger partial charge in [0.05, 0.1) is 5.39 Å². The Kier molecular flexibility index (Phi) is 5.79. The molecule has 2 rings (SSSR count). The number of nitrogens with one attached hydrogen (secondary N) is 1. The first kappa shape index (κ1) is 16.5. The highest BCUT2D eigenvalue weighted by atomic mass is 35.5. The summed E-state index contributed by atoms with van der Waals surface area (Å²) in [6, 6.07) is 2.74. The molecule has 0 bridgehead atoms. The Morgan fingerprint density at radius 1 is 1.38 bits per heavy atom. The summed E-state index contributed by atoms with van der Waals surface area (Å²) in [7, 11) is 2.15. The lowest BCUT2D eigenvalue weighted by atomic mass is 10.3. The number of rotatable bonds is 7. The molecule has 4 nitrogen and oxygen atoms in total. The number of hydrogen-bond acceptors (Lipinski definition) is 5. The van der Waals surface area contributed by atoms with Crippen LogP contribution in [-0.4, -0.2) is 41.0 Å². The third-order valence-corrected chi connectivity index (χ3v) is 4.97. The molecule has 0 saturated heterocycles. The molecule has 21 heavy (non-hydrogen) atoms. The van der Waals surface area contributed by atoms with Crippen LogP contribution in [0.5, 0.6) is 0 Å². The normalized spacial score (nSPS) is 11.8. The van der Waals surface area contributed by atoms with Crippen LogP contribution < -0.4 is 5.32 Å². The molecule has 0 aromatic carbocycles. The monoisotopic (exact) mass is 326 g/mol. The molecule has 0 aliphatic rings. The Bertz CT molecular complexity index is 597. The van der Waals surface area contributed by atoms with Gasteiger partial charge in [0.1, 0.15) is 10.6 Å². The summed E-state index contributed by atoms with van der Waals surface area (Å²) in [5, 5.41) is 4.80. The van der Waals surface area contributed by atoms with E-state index in [1.807, 2.05) is 0 Å². The predicted molar refractivity (Wildman–Crippen MR) is 92.7 cm³/mol. The van der Waals surface area contributed by atoms with E-state index in [0.29, 0.717) is 11.3 Å². The number of anilines is 1. The van der Waals surface area contributed by atoms with Crippen LogP contribution in [0.4, 0.5) is 5.82 Å². The van der Waals surface area contributed by atoms with Crippen molar-refractivity contribution in [2.24, 2.45) is 0 Å². The van der Waals surface area contributed by atoms with E-state index in [0.717, 1.165) is 42.0 Å². The highest BCUT2D eigenvalue weighted by Crippen LogP contribution is 2.30. The molecule has 0 fully saturated rings. The van der Waals surface area contributed by atoms with E-state index in [2.05, 4.69) is 54.1 Å². The zero-order valence-electron chi connectivity index (χ0n) is 13.1. The zero-order valence-corrected chi connectivity index (χ0v) is 14.7. The molecule has 0 amide bonds. The molecule has 116 valence electrons. The van der Waals surface area contributed by atoms with Crippen molar-refractivity contribution < 1.29 is 0 Å². The Balaban J connectivity index is 2.02. The number of halogens is 1. The maximum absolute atomic E-state index is 6.02. The van der Waals surface area contributed by atoms with Crippen molar-refractivity contribution in [1.29, 1.82) is 0 Å². The molecule has 0 aliphatic carbocycles. The molecule has 0 atom stereocenters. The van der Waals surface area contributed by atoms with Gasteiger partial charge in [0.15, 0.2) is 0 Å². The van der Waals surface area contributed by atoms with E-state index in [9.17, 15) is 0 Å². The first-order valence-corrected chi connectivity index (χ1v) is 8.60. The van der Waals surface area contributed by atoms with Crippen molar-refractivity contribution in [3.05, 3.63) is 16.2 Å². The fourth-order valence-corrected chi connectivity index (χ4v) is 3.23. The quantitative estimate of drug-likeness (QED) is 0.615. The van der Waals surface area contributed by atoms with Gasteiger partial charge in [-0.15, -0.1) is 11.3 Å². The van der Waals surface area contributed by atoms with Crippen molar-refractivity contribution >= 4 is 39.0 Å². The van der Waals surface area contributed by atoms with E-state index in [1.54, 1.807) is 11.3 Å². The largest absolute Gasteiger partial charge is 0.369 e. The summed E-state index contributed by atoms with van der Waals surface area (Å²) in [6.07, 6.45) is 2.08. The van der Waals surface area contributed by atoms with Gasteiger partial charge in [-0.2, -0.15) is 0 Å². The van der Waals surface area contributed by atoms with Crippen LogP contribution in [0, 0.1) is 0 Å². The molecular weight excluding hydrogens is 304 g/mol. The van der Waals surface area contributed by atoms with Crippen LogP contribution >= 0.6 is 22.9 Å². The Morgan fingerprint density at radius 2 is 2.14 bits per heavy atom. The second kappa shape index (κ2) is 7.38. The summed E-state index contributed by atoms with van der Waals surface area (Å²) >= 11 is 7.71. The Hall–Kier alpha value is -0.910. The van der Waals surface area contributed by atoms with Gasteiger partial charge in [0, 0.05) is 17.5 Å². The topological polar surface area (TPSA) is 41.0 Å². The van der Waals surface area contributed by atoms with Gasteiger partial charge >= 0.3 is 0 Å². The van der Waals surface area contributed by atoms with Crippen LogP contribution in [0.15, 0.2) is 6.07 Å². The van der Waals surface area contributed by atoms with Crippen molar-refractivity contribution in [3.63, 3.8) is 0 Å². The van der Waals surface area contributed by atoms with E-state index < -0.39 is 0 Å². The number of nitrogens with zero attached hydrogens (tertiary/aromatic N) is 3. The molecule has 2 aromatic heterocycles. The molecule has 6 heteroatoms. The van der Waals surface area contributed by atoms with Crippen LogP contribution in [0.2, 0.25) is 5.28 Å². The van der Waals surface area contributed by atoms with Gasteiger partial charge in [-0.25, -0.2) is 9.97 Å². The lowest BCUT2D eigenvalue weighted by molar-refractivity contribution is 0.273. The molecular formula is C15H23ClN4S. The minimum atomic E-state index is 0.314.